The van der Waals surface area contributed by atoms with Crippen LogP contribution < -0.4 is 16.2 Å². The number of nitrogen functional groups attached to an aromatic ring is 1. The van der Waals surface area contributed by atoms with Crippen molar-refractivity contribution >= 4 is 23.4 Å². The number of halogens is 3. The molecule has 0 bridgehead atoms. The van der Waals surface area contributed by atoms with Gasteiger partial charge in [0.1, 0.15) is 11.6 Å². The van der Waals surface area contributed by atoms with Gasteiger partial charge in [-0.1, -0.05) is 11.8 Å². The molecule has 102 valence electrons. The second-order valence-electron chi connectivity index (χ2n) is 3.53. The number of thioether (sulfide) groups is 1. The first-order valence-electron chi connectivity index (χ1n) is 5.03. The summed E-state index contributed by atoms with van der Waals surface area (Å²) in [5, 5.41) is 0.444. The molecule has 1 aromatic heterocycles. The minimum absolute atomic E-state index is 0.168. The van der Waals surface area contributed by atoms with E-state index in [1.165, 1.54) is 22.7 Å². The van der Waals surface area contributed by atoms with Crippen molar-refractivity contribution in [2.24, 2.45) is 5.84 Å². The van der Waals surface area contributed by atoms with Gasteiger partial charge < -0.3 is 10.3 Å². The fraction of sp³-hybridized carbons (Fsp3) is 0.556. The molecule has 0 unspecified atom stereocenters. The molecule has 0 aliphatic heterocycles. The quantitative estimate of drug-likeness (QED) is 0.372. The van der Waals surface area contributed by atoms with Crippen LogP contribution in [0.4, 0.5) is 24.8 Å². The van der Waals surface area contributed by atoms with Crippen molar-refractivity contribution in [2.45, 2.75) is 17.8 Å². The van der Waals surface area contributed by atoms with E-state index in [9.17, 15) is 13.2 Å². The van der Waals surface area contributed by atoms with Crippen LogP contribution >= 0.6 is 11.8 Å². The van der Waals surface area contributed by atoms with E-state index in [0.717, 1.165) is 0 Å². The number of anilines is 2. The Balaban J connectivity index is 2.81. The highest BCUT2D eigenvalue weighted by atomic mass is 32.2. The van der Waals surface area contributed by atoms with Gasteiger partial charge in [0, 0.05) is 19.7 Å². The maximum Gasteiger partial charge on any atom is 0.390 e. The first-order chi connectivity index (χ1) is 8.35. The molecule has 18 heavy (non-hydrogen) atoms. The van der Waals surface area contributed by atoms with Gasteiger partial charge in [-0.15, -0.1) is 0 Å². The molecule has 3 N–H and O–H groups in total. The van der Waals surface area contributed by atoms with Crippen molar-refractivity contribution in [1.82, 2.24) is 9.97 Å². The van der Waals surface area contributed by atoms with Gasteiger partial charge in [0.05, 0.1) is 6.42 Å². The molecule has 0 fully saturated rings. The topological polar surface area (TPSA) is 67.1 Å². The molecule has 1 aromatic rings. The Morgan fingerprint density at radius 1 is 1.44 bits per heavy atom. The molecule has 1 heterocycles. The molecule has 9 heteroatoms. The highest BCUT2D eigenvalue weighted by molar-refractivity contribution is 7.98. The minimum atomic E-state index is -4.18. The van der Waals surface area contributed by atoms with Crippen LogP contribution in [0.1, 0.15) is 6.42 Å². The van der Waals surface area contributed by atoms with Gasteiger partial charge in [-0.2, -0.15) is 13.2 Å². The summed E-state index contributed by atoms with van der Waals surface area (Å²) in [5.74, 6) is 6.00. The molecule has 0 aliphatic rings. The van der Waals surface area contributed by atoms with Gasteiger partial charge in [-0.3, -0.25) is 0 Å². The summed E-state index contributed by atoms with van der Waals surface area (Å²) in [6, 6.07) is 1.50. The molecule has 1 rings (SSSR count). The Kier molecular flexibility index (Phi) is 5.03. The molecule has 0 saturated heterocycles. The molecular formula is C9H14F3N5S. The maximum absolute atomic E-state index is 12.1. The minimum Gasteiger partial charge on any atom is -0.359 e. The van der Waals surface area contributed by atoms with Gasteiger partial charge in [-0.25, -0.2) is 15.8 Å². The summed E-state index contributed by atoms with van der Waals surface area (Å²) in [6.45, 7) is -0.168. The Morgan fingerprint density at radius 2 is 2.11 bits per heavy atom. The molecule has 0 spiro atoms. The molecule has 0 atom stereocenters. The zero-order valence-electron chi connectivity index (χ0n) is 9.95. The molecular weight excluding hydrogens is 267 g/mol. The highest BCUT2D eigenvalue weighted by Gasteiger charge is 2.27. The molecule has 0 amide bonds. The Hall–Kier alpha value is -1.22. The second-order valence-corrected chi connectivity index (χ2v) is 4.30. The van der Waals surface area contributed by atoms with E-state index in [-0.39, 0.29) is 6.54 Å². The second kappa shape index (κ2) is 6.10. The number of nitrogens with zero attached hydrogens (tertiary/aromatic N) is 3. The first kappa shape index (κ1) is 14.8. The third-order valence-electron chi connectivity index (χ3n) is 2.14. The zero-order chi connectivity index (χ0) is 13.8. The number of hydrogen-bond acceptors (Lipinski definition) is 6. The van der Waals surface area contributed by atoms with E-state index >= 15 is 0 Å². The predicted molar refractivity (Wildman–Crippen MR) is 65.6 cm³/mol. The van der Waals surface area contributed by atoms with Gasteiger partial charge >= 0.3 is 6.18 Å². The lowest BCUT2D eigenvalue weighted by Crippen LogP contribution is -2.25. The van der Waals surface area contributed by atoms with Crippen molar-refractivity contribution < 1.29 is 13.2 Å². The summed E-state index contributed by atoms with van der Waals surface area (Å²) in [7, 11) is 1.54. The number of alkyl halides is 3. The van der Waals surface area contributed by atoms with E-state index in [4.69, 9.17) is 5.84 Å². The van der Waals surface area contributed by atoms with Crippen LogP contribution in [-0.2, 0) is 0 Å². The molecule has 0 radical (unpaired) electrons. The van der Waals surface area contributed by atoms with Gasteiger partial charge in [0.2, 0.25) is 0 Å². The van der Waals surface area contributed by atoms with Gasteiger partial charge in [0.15, 0.2) is 5.16 Å². The summed E-state index contributed by atoms with van der Waals surface area (Å²) < 4.78 is 36.4. The van der Waals surface area contributed by atoms with E-state index in [0.29, 0.717) is 16.8 Å². The van der Waals surface area contributed by atoms with Crippen LogP contribution in [0.2, 0.25) is 0 Å². The number of aromatic nitrogens is 2. The standard InChI is InChI=1S/C9H14F3N5S/c1-17(4-3-9(10,11)12)7-5-6(16-13)14-8(15-7)18-2/h5H,3-4,13H2,1-2H3,(H,14,15,16). The fourth-order valence-corrected chi connectivity index (χ4v) is 1.56. The summed E-state index contributed by atoms with van der Waals surface area (Å²) in [4.78, 5) is 9.56. The first-order valence-corrected chi connectivity index (χ1v) is 6.26. The molecule has 0 aromatic carbocycles. The number of hydrazine groups is 1. The maximum atomic E-state index is 12.1. The zero-order valence-corrected chi connectivity index (χ0v) is 10.8. The normalized spacial score (nSPS) is 11.4. The summed E-state index contributed by atoms with van der Waals surface area (Å²) >= 11 is 1.29. The van der Waals surface area contributed by atoms with E-state index in [1.54, 1.807) is 13.3 Å². The van der Waals surface area contributed by atoms with Crippen LogP contribution in [0.5, 0.6) is 0 Å². The highest BCUT2D eigenvalue weighted by Crippen LogP contribution is 2.23. The fourth-order valence-electron chi connectivity index (χ4n) is 1.18. The lowest BCUT2D eigenvalue weighted by molar-refractivity contribution is -0.132. The van der Waals surface area contributed by atoms with E-state index in [2.05, 4.69) is 15.4 Å². The monoisotopic (exact) mass is 281 g/mol. The van der Waals surface area contributed by atoms with Crippen LogP contribution in [0.25, 0.3) is 0 Å². The van der Waals surface area contributed by atoms with Crippen molar-refractivity contribution in [2.75, 3.05) is 30.2 Å². The van der Waals surface area contributed by atoms with Crippen LogP contribution in [-0.4, -0.2) is 36.0 Å². The lowest BCUT2D eigenvalue weighted by atomic mass is 10.4. The predicted octanol–water partition coefficient (Wildman–Crippen LogP) is 1.87. The lowest BCUT2D eigenvalue weighted by Gasteiger charge is -2.19. The van der Waals surface area contributed by atoms with Crippen molar-refractivity contribution in [3.8, 4) is 0 Å². The third-order valence-corrected chi connectivity index (χ3v) is 2.69. The number of rotatable bonds is 5. The number of hydrogen-bond donors (Lipinski definition) is 2. The van der Waals surface area contributed by atoms with Crippen LogP contribution in [0, 0.1) is 0 Å². The average Bonchev–Trinajstić information content (AvgIpc) is 2.34. The number of nitrogens with two attached hydrogens (primary N) is 1. The van der Waals surface area contributed by atoms with Crippen molar-refractivity contribution in [3.63, 3.8) is 0 Å². The third kappa shape index (κ3) is 4.57. The molecule has 0 saturated carbocycles. The SMILES string of the molecule is CSc1nc(NN)cc(N(C)CCC(F)(F)F)n1. The van der Waals surface area contributed by atoms with Gasteiger partial charge in [-0.05, 0) is 6.26 Å². The largest absolute Gasteiger partial charge is 0.390 e. The van der Waals surface area contributed by atoms with Crippen molar-refractivity contribution in [3.05, 3.63) is 6.07 Å². The van der Waals surface area contributed by atoms with E-state index in [1.807, 2.05) is 0 Å². The molecule has 0 aliphatic carbocycles. The number of nitrogens with one attached hydrogen (secondary N) is 1. The van der Waals surface area contributed by atoms with Crippen LogP contribution in [0.3, 0.4) is 0 Å². The van der Waals surface area contributed by atoms with Crippen LogP contribution in [0.15, 0.2) is 11.2 Å². The Bertz CT molecular complexity index is 376. The Labute approximate surface area is 107 Å². The molecule has 5 nitrogen and oxygen atoms in total. The van der Waals surface area contributed by atoms with Gasteiger partial charge in [0.25, 0.3) is 0 Å². The van der Waals surface area contributed by atoms with E-state index < -0.39 is 12.6 Å². The van der Waals surface area contributed by atoms with Crippen molar-refractivity contribution in [1.29, 1.82) is 0 Å². The summed E-state index contributed by atoms with van der Waals surface area (Å²) in [5.41, 5.74) is 2.36. The Morgan fingerprint density at radius 3 is 2.61 bits per heavy atom. The average molecular weight is 281 g/mol. The summed E-state index contributed by atoms with van der Waals surface area (Å²) in [6.07, 6.45) is -3.30. The smallest absolute Gasteiger partial charge is 0.359 e.